The second kappa shape index (κ2) is 10.8. The maximum atomic E-state index is 13.0. The van der Waals surface area contributed by atoms with Gasteiger partial charge in [-0.3, -0.25) is 5.32 Å². The van der Waals surface area contributed by atoms with Crippen molar-refractivity contribution in [1.82, 2.24) is 10.6 Å². The Bertz CT molecular complexity index is 1180. The number of fused-ring (bicyclic) bond motifs is 1. The molecular formula is C25H31N3O3S2. The molecule has 0 aromatic heterocycles. The van der Waals surface area contributed by atoms with Crippen LogP contribution in [0.2, 0.25) is 0 Å². The van der Waals surface area contributed by atoms with Gasteiger partial charge >= 0.3 is 0 Å². The van der Waals surface area contributed by atoms with Crippen molar-refractivity contribution in [2.75, 3.05) is 50.4 Å². The molecule has 0 aliphatic carbocycles. The summed E-state index contributed by atoms with van der Waals surface area (Å²) in [4.78, 5) is 2.34. The first-order chi connectivity index (χ1) is 15.9. The number of nitrogens with one attached hydrogen (secondary N) is 2. The lowest BCUT2D eigenvalue weighted by Crippen LogP contribution is -2.27. The van der Waals surface area contributed by atoms with Crippen molar-refractivity contribution in [3.8, 4) is 5.75 Å². The van der Waals surface area contributed by atoms with E-state index in [0.717, 1.165) is 41.1 Å². The number of sulfone groups is 1. The Hall–Kier alpha value is -2.26. The topological polar surface area (TPSA) is 70.7 Å². The highest BCUT2D eigenvalue weighted by atomic mass is 32.2. The maximum Gasteiger partial charge on any atom is 0.191 e. The van der Waals surface area contributed by atoms with E-state index in [4.69, 9.17) is 4.74 Å². The molecule has 0 radical (unpaired) electrons. The van der Waals surface area contributed by atoms with Gasteiger partial charge in [-0.2, -0.15) is 0 Å². The molecule has 1 unspecified atom stereocenters. The van der Waals surface area contributed by atoms with Crippen LogP contribution in [0.15, 0.2) is 65.6 Å². The van der Waals surface area contributed by atoms with Crippen LogP contribution >= 0.6 is 11.8 Å². The molecule has 1 saturated heterocycles. The molecule has 3 aromatic carbocycles. The van der Waals surface area contributed by atoms with Crippen molar-refractivity contribution in [2.45, 2.75) is 16.6 Å². The summed E-state index contributed by atoms with van der Waals surface area (Å²) in [5.74, 6) is 1.70. The Morgan fingerprint density at radius 3 is 2.55 bits per heavy atom. The smallest absolute Gasteiger partial charge is 0.191 e. The van der Waals surface area contributed by atoms with E-state index < -0.39 is 9.84 Å². The standard InChI is InChI=1S/C25H31N3O3S2/c1-28(2)24-7-3-6-23-22(24)5-4-8-25(23)33(29,30)18-26-13-14-31-20-11-9-19(10-12-20)15-21-16-27-17-32-21/h3-12,21,26-27H,13-18H2,1-2H3. The van der Waals surface area contributed by atoms with Crippen LogP contribution in [0, 0.1) is 0 Å². The van der Waals surface area contributed by atoms with Crippen LogP contribution in [0.4, 0.5) is 5.69 Å². The number of ether oxygens (including phenoxy) is 1. The van der Waals surface area contributed by atoms with Crippen molar-refractivity contribution in [3.63, 3.8) is 0 Å². The Labute approximate surface area is 200 Å². The largest absolute Gasteiger partial charge is 0.492 e. The molecule has 0 spiro atoms. The van der Waals surface area contributed by atoms with E-state index in [1.807, 2.05) is 67.2 Å². The third kappa shape index (κ3) is 6.00. The summed E-state index contributed by atoms with van der Waals surface area (Å²) in [6, 6.07) is 19.4. The molecule has 33 heavy (non-hydrogen) atoms. The highest BCUT2D eigenvalue weighted by Gasteiger charge is 2.18. The van der Waals surface area contributed by atoms with Crippen LogP contribution in [0.1, 0.15) is 5.56 Å². The Kier molecular flexibility index (Phi) is 7.80. The van der Waals surface area contributed by atoms with Gasteiger partial charge in [-0.1, -0.05) is 36.4 Å². The first-order valence-corrected chi connectivity index (χ1v) is 13.8. The maximum absolute atomic E-state index is 13.0. The van der Waals surface area contributed by atoms with E-state index >= 15 is 0 Å². The van der Waals surface area contributed by atoms with Crippen LogP contribution < -0.4 is 20.3 Å². The molecule has 4 rings (SSSR count). The van der Waals surface area contributed by atoms with Gasteiger partial charge in [-0.15, -0.1) is 11.8 Å². The lowest BCUT2D eigenvalue weighted by molar-refractivity contribution is 0.317. The van der Waals surface area contributed by atoms with E-state index in [0.29, 0.717) is 23.3 Å². The first kappa shape index (κ1) is 23.9. The minimum absolute atomic E-state index is 0.131. The molecule has 2 N–H and O–H groups in total. The fourth-order valence-corrected chi connectivity index (χ4v) is 6.41. The van der Waals surface area contributed by atoms with E-state index in [1.54, 1.807) is 12.1 Å². The average molecular weight is 486 g/mol. The second-order valence-corrected chi connectivity index (χ2v) is 11.6. The molecule has 1 atom stereocenters. The second-order valence-electron chi connectivity index (χ2n) is 8.37. The summed E-state index contributed by atoms with van der Waals surface area (Å²) in [7, 11) is 0.427. The summed E-state index contributed by atoms with van der Waals surface area (Å²) in [6.45, 7) is 1.91. The van der Waals surface area contributed by atoms with Crippen LogP contribution in [0.25, 0.3) is 10.8 Å². The fraction of sp³-hybridized carbons (Fsp3) is 0.360. The van der Waals surface area contributed by atoms with Gasteiger partial charge in [0, 0.05) is 54.8 Å². The Morgan fingerprint density at radius 2 is 1.82 bits per heavy atom. The SMILES string of the molecule is CN(C)c1cccc2c(S(=O)(=O)CNCCOc3ccc(CC4CNCS4)cc3)cccc12. The molecule has 1 aliphatic heterocycles. The molecule has 6 nitrogen and oxygen atoms in total. The number of hydrogen-bond donors (Lipinski definition) is 2. The summed E-state index contributed by atoms with van der Waals surface area (Å²) in [5, 5.41) is 8.70. The highest BCUT2D eigenvalue weighted by Crippen LogP contribution is 2.30. The molecule has 0 bridgehead atoms. The zero-order valence-electron chi connectivity index (χ0n) is 19.1. The number of hydrogen-bond acceptors (Lipinski definition) is 7. The van der Waals surface area contributed by atoms with E-state index in [-0.39, 0.29) is 5.88 Å². The van der Waals surface area contributed by atoms with Crippen LogP contribution in [-0.4, -0.2) is 59.2 Å². The van der Waals surface area contributed by atoms with Gasteiger partial charge in [0.2, 0.25) is 0 Å². The van der Waals surface area contributed by atoms with Crippen molar-refractivity contribution >= 4 is 38.1 Å². The molecule has 176 valence electrons. The average Bonchev–Trinajstić information content (AvgIpc) is 3.32. The monoisotopic (exact) mass is 485 g/mol. The molecule has 1 heterocycles. The van der Waals surface area contributed by atoms with Gasteiger partial charge in [0.25, 0.3) is 0 Å². The van der Waals surface area contributed by atoms with Crippen molar-refractivity contribution < 1.29 is 13.2 Å². The summed E-state index contributed by atoms with van der Waals surface area (Å²) in [6.07, 6.45) is 1.06. The molecule has 3 aromatic rings. The summed E-state index contributed by atoms with van der Waals surface area (Å²) >= 11 is 1.96. The van der Waals surface area contributed by atoms with Crippen molar-refractivity contribution in [1.29, 1.82) is 0 Å². The third-order valence-electron chi connectivity index (χ3n) is 5.70. The van der Waals surface area contributed by atoms with E-state index in [9.17, 15) is 8.42 Å². The molecule has 0 amide bonds. The fourth-order valence-electron chi connectivity index (χ4n) is 4.02. The minimum atomic E-state index is -3.48. The molecule has 8 heteroatoms. The highest BCUT2D eigenvalue weighted by molar-refractivity contribution is 8.00. The normalized spacial score (nSPS) is 16.2. The predicted octanol–water partition coefficient (Wildman–Crippen LogP) is 3.51. The van der Waals surface area contributed by atoms with Crippen LogP contribution in [0.5, 0.6) is 5.75 Å². The van der Waals surface area contributed by atoms with Gasteiger partial charge in [-0.05, 0) is 36.2 Å². The third-order valence-corrected chi connectivity index (χ3v) is 8.48. The lowest BCUT2D eigenvalue weighted by atomic mass is 10.1. The summed E-state index contributed by atoms with van der Waals surface area (Å²) < 4.78 is 31.8. The molecule has 1 aliphatic rings. The number of thioether (sulfide) groups is 1. The van der Waals surface area contributed by atoms with Gasteiger partial charge in [0.05, 0.1) is 4.90 Å². The minimum Gasteiger partial charge on any atom is -0.492 e. The lowest BCUT2D eigenvalue weighted by Gasteiger charge is -2.17. The van der Waals surface area contributed by atoms with Gasteiger partial charge in [0.1, 0.15) is 18.2 Å². The Morgan fingerprint density at radius 1 is 1.06 bits per heavy atom. The van der Waals surface area contributed by atoms with Gasteiger partial charge in [-0.25, -0.2) is 8.42 Å². The van der Waals surface area contributed by atoms with Crippen molar-refractivity contribution in [3.05, 3.63) is 66.2 Å². The first-order valence-electron chi connectivity index (χ1n) is 11.1. The number of benzene rings is 3. The van der Waals surface area contributed by atoms with E-state index in [1.165, 1.54) is 5.56 Å². The number of nitrogens with zero attached hydrogens (tertiary/aromatic N) is 1. The van der Waals surface area contributed by atoms with Gasteiger partial charge in [0.15, 0.2) is 9.84 Å². The van der Waals surface area contributed by atoms with Crippen molar-refractivity contribution in [2.24, 2.45) is 0 Å². The number of anilines is 1. The quantitative estimate of drug-likeness (QED) is 0.426. The van der Waals surface area contributed by atoms with Crippen LogP contribution in [0.3, 0.4) is 0 Å². The molecular weight excluding hydrogens is 454 g/mol. The zero-order chi connectivity index (χ0) is 23.3. The summed E-state index contributed by atoms with van der Waals surface area (Å²) in [5.41, 5.74) is 2.30. The Balaban J connectivity index is 1.29. The van der Waals surface area contributed by atoms with E-state index in [2.05, 4.69) is 22.8 Å². The number of rotatable bonds is 10. The van der Waals surface area contributed by atoms with Crippen LogP contribution in [-0.2, 0) is 16.3 Å². The molecule has 1 fully saturated rings. The van der Waals surface area contributed by atoms with Gasteiger partial charge < -0.3 is 15.0 Å². The predicted molar refractivity (Wildman–Crippen MR) is 138 cm³/mol. The molecule has 0 saturated carbocycles. The zero-order valence-corrected chi connectivity index (χ0v) is 20.7.